The zero-order chi connectivity index (χ0) is 17.1. The Morgan fingerprint density at radius 3 is 2.62 bits per heavy atom. The molecule has 122 valence electrons. The van der Waals surface area contributed by atoms with Crippen LogP contribution in [0, 0.1) is 6.92 Å². The second-order valence-electron chi connectivity index (χ2n) is 5.53. The van der Waals surface area contributed by atoms with Crippen molar-refractivity contribution < 1.29 is 9.59 Å². The Bertz CT molecular complexity index is 818. The van der Waals surface area contributed by atoms with Gasteiger partial charge in [-0.1, -0.05) is 24.3 Å². The molecule has 3 rings (SSSR count). The fourth-order valence-corrected chi connectivity index (χ4v) is 3.00. The molecule has 0 fully saturated rings. The van der Waals surface area contributed by atoms with Crippen molar-refractivity contribution in [2.45, 2.75) is 19.8 Å². The number of nitrogens with zero attached hydrogens (tertiary/aromatic N) is 2. The molecule has 2 amide bonds. The van der Waals surface area contributed by atoms with E-state index < -0.39 is 0 Å². The van der Waals surface area contributed by atoms with E-state index in [1.807, 2.05) is 43.3 Å². The van der Waals surface area contributed by atoms with Gasteiger partial charge in [0.05, 0.1) is 11.4 Å². The van der Waals surface area contributed by atoms with Crippen molar-refractivity contribution in [2.75, 3.05) is 10.3 Å². The number of aryl methyl sites for hydroxylation is 1. The van der Waals surface area contributed by atoms with Crippen LogP contribution in [-0.2, 0) is 9.59 Å². The van der Waals surface area contributed by atoms with Crippen LogP contribution in [0.3, 0.4) is 0 Å². The highest BCUT2D eigenvalue weighted by Gasteiger charge is 2.25. The fraction of sp³-hybridized carbons (Fsp3) is 0.167. The predicted molar refractivity (Wildman–Crippen MR) is 98.1 cm³/mol. The van der Waals surface area contributed by atoms with E-state index in [-0.39, 0.29) is 18.2 Å². The highest BCUT2D eigenvalue weighted by Crippen LogP contribution is 2.24. The van der Waals surface area contributed by atoms with Gasteiger partial charge in [0.25, 0.3) is 5.91 Å². The first-order valence-electron chi connectivity index (χ1n) is 7.57. The van der Waals surface area contributed by atoms with Crippen LogP contribution in [0.15, 0.2) is 58.1 Å². The predicted octanol–water partition coefficient (Wildman–Crippen LogP) is 3.88. The van der Waals surface area contributed by atoms with Gasteiger partial charge in [0.1, 0.15) is 5.71 Å². The van der Waals surface area contributed by atoms with Gasteiger partial charge in [0.15, 0.2) is 0 Å². The number of anilines is 2. The number of hydrogen-bond acceptors (Lipinski definition) is 3. The Morgan fingerprint density at radius 2 is 1.92 bits per heavy atom. The lowest BCUT2D eigenvalue weighted by molar-refractivity contribution is -0.118. The van der Waals surface area contributed by atoms with E-state index in [9.17, 15) is 9.59 Å². The molecule has 0 spiro atoms. The van der Waals surface area contributed by atoms with Crippen molar-refractivity contribution in [3.05, 3.63) is 58.6 Å². The molecule has 5 nitrogen and oxygen atoms in total. The van der Waals surface area contributed by atoms with Crippen molar-refractivity contribution in [3.63, 3.8) is 0 Å². The number of para-hydroxylation sites is 1. The minimum absolute atomic E-state index is 0.116. The molecule has 0 aliphatic carbocycles. The molecule has 0 saturated heterocycles. The Labute approximate surface area is 148 Å². The maximum Gasteiger partial charge on any atom is 0.271 e. The van der Waals surface area contributed by atoms with Gasteiger partial charge in [-0.05, 0) is 52.7 Å². The third-order valence-electron chi connectivity index (χ3n) is 3.67. The number of halogens is 1. The molecule has 0 aromatic heterocycles. The maximum atomic E-state index is 12.5. The van der Waals surface area contributed by atoms with Crippen molar-refractivity contribution in [1.29, 1.82) is 0 Å². The number of carbonyl (C=O) groups excluding carboxylic acids is 2. The van der Waals surface area contributed by atoms with E-state index in [0.717, 1.165) is 10.0 Å². The van der Waals surface area contributed by atoms with Crippen LogP contribution in [-0.4, -0.2) is 17.5 Å². The summed E-state index contributed by atoms with van der Waals surface area (Å²) < 4.78 is 0.809. The van der Waals surface area contributed by atoms with E-state index >= 15 is 0 Å². The van der Waals surface area contributed by atoms with Crippen LogP contribution in [0.4, 0.5) is 11.4 Å². The first kappa shape index (κ1) is 16.4. The Kier molecular flexibility index (Phi) is 4.76. The minimum atomic E-state index is -0.298. The molecule has 1 N–H and O–H groups in total. The van der Waals surface area contributed by atoms with Gasteiger partial charge >= 0.3 is 0 Å². The van der Waals surface area contributed by atoms with Gasteiger partial charge in [-0.15, -0.1) is 0 Å². The Balaban J connectivity index is 1.82. The van der Waals surface area contributed by atoms with Crippen molar-refractivity contribution in [3.8, 4) is 0 Å². The smallest absolute Gasteiger partial charge is 0.271 e. The molecular weight excluding hydrogens is 370 g/mol. The third-order valence-corrected chi connectivity index (χ3v) is 4.32. The summed E-state index contributed by atoms with van der Waals surface area (Å²) in [6.07, 6.45) is 0.591. The molecule has 0 unspecified atom stereocenters. The van der Waals surface area contributed by atoms with Gasteiger partial charge in [0, 0.05) is 17.3 Å². The Hall–Kier alpha value is -2.47. The topological polar surface area (TPSA) is 61.8 Å². The number of carbonyl (C=O) groups is 2. The zero-order valence-corrected chi connectivity index (χ0v) is 14.7. The first-order valence-corrected chi connectivity index (χ1v) is 8.37. The SMILES string of the molecule is Cc1ccc(NC(=O)C2=NN(c3ccccc3)C(=O)CC2)c(Br)c1. The lowest BCUT2D eigenvalue weighted by Gasteiger charge is -2.23. The van der Waals surface area contributed by atoms with E-state index in [2.05, 4.69) is 26.3 Å². The maximum absolute atomic E-state index is 12.5. The highest BCUT2D eigenvalue weighted by molar-refractivity contribution is 9.10. The summed E-state index contributed by atoms with van der Waals surface area (Å²) in [5, 5.41) is 8.38. The van der Waals surface area contributed by atoms with Crippen LogP contribution in [0.25, 0.3) is 0 Å². The van der Waals surface area contributed by atoms with Gasteiger partial charge in [-0.25, -0.2) is 5.01 Å². The number of rotatable bonds is 3. The number of hydrazone groups is 1. The molecule has 2 aromatic carbocycles. The quantitative estimate of drug-likeness (QED) is 0.871. The molecule has 0 bridgehead atoms. The average molecular weight is 386 g/mol. The fourth-order valence-electron chi connectivity index (χ4n) is 2.40. The monoisotopic (exact) mass is 385 g/mol. The first-order chi connectivity index (χ1) is 11.5. The Morgan fingerprint density at radius 1 is 1.17 bits per heavy atom. The summed E-state index contributed by atoms with van der Waals surface area (Å²) in [6, 6.07) is 14.8. The van der Waals surface area contributed by atoms with Crippen LogP contribution in [0.5, 0.6) is 0 Å². The minimum Gasteiger partial charge on any atom is -0.320 e. The molecule has 1 heterocycles. The standard InChI is InChI=1S/C18H16BrN3O2/c1-12-7-8-15(14(19)11-12)20-18(24)16-9-10-17(23)22(21-16)13-5-3-2-4-6-13/h2-8,11H,9-10H2,1H3,(H,20,24). The molecule has 1 aliphatic heterocycles. The van der Waals surface area contributed by atoms with E-state index in [1.54, 1.807) is 12.1 Å². The summed E-state index contributed by atoms with van der Waals surface area (Å²) >= 11 is 3.44. The molecule has 0 saturated carbocycles. The lowest BCUT2D eigenvalue weighted by atomic mass is 10.1. The molecule has 0 atom stereocenters. The molecule has 2 aromatic rings. The van der Waals surface area contributed by atoms with E-state index in [1.165, 1.54) is 5.01 Å². The van der Waals surface area contributed by atoms with Crippen LogP contribution >= 0.6 is 15.9 Å². The number of nitrogens with one attached hydrogen (secondary N) is 1. The van der Waals surface area contributed by atoms with Gasteiger partial charge in [-0.3, -0.25) is 9.59 Å². The van der Waals surface area contributed by atoms with Gasteiger partial charge < -0.3 is 5.32 Å². The molecule has 24 heavy (non-hydrogen) atoms. The highest BCUT2D eigenvalue weighted by atomic mass is 79.9. The number of amides is 2. The second-order valence-corrected chi connectivity index (χ2v) is 6.38. The van der Waals surface area contributed by atoms with Crippen LogP contribution in [0.2, 0.25) is 0 Å². The van der Waals surface area contributed by atoms with Crippen molar-refractivity contribution in [2.24, 2.45) is 5.10 Å². The summed E-state index contributed by atoms with van der Waals surface area (Å²) in [5.41, 5.74) is 2.77. The average Bonchev–Trinajstić information content (AvgIpc) is 2.58. The summed E-state index contributed by atoms with van der Waals surface area (Å²) in [6.45, 7) is 1.98. The van der Waals surface area contributed by atoms with Crippen LogP contribution in [0.1, 0.15) is 18.4 Å². The third kappa shape index (κ3) is 3.54. The zero-order valence-electron chi connectivity index (χ0n) is 13.1. The summed E-state index contributed by atoms with van der Waals surface area (Å²) in [5.74, 6) is -0.415. The molecule has 0 radical (unpaired) electrons. The number of hydrogen-bond donors (Lipinski definition) is 1. The largest absolute Gasteiger partial charge is 0.320 e. The summed E-state index contributed by atoms with van der Waals surface area (Å²) in [4.78, 5) is 24.6. The van der Waals surface area contributed by atoms with Crippen molar-refractivity contribution >= 4 is 44.8 Å². The molecule has 1 aliphatic rings. The lowest BCUT2D eigenvalue weighted by Crippen LogP contribution is -2.36. The molecular formula is C18H16BrN3O2. The van der Waals surface area contributed by atoms with Gasteiger partial charge in [0.2, 0.25) is 5.91 Å². The van der Waals surface area contributed by atoms with Crippen LogP contribution < -0.4 is 10.3 Å². The normalized spacial score (nSPS) is 14.3. The van der Waals surface area contributed by atoms with Crippen molar-refractivity contribution in [1.82, 2.24) is 0 Å². The van der Waals surface area contributed by atoms with E-state index in [0.29, 0.717) is 23.5 Å². The molecule has 6 heteroatoms. The number of benzene rings is 2. The summed E-state index contributed by atoms with van der Waals surface area (Å²) in [7, 11) is 0. The second kappa shape index (κ2) is 6.97. The van der Waals surface area contributed by atoms with E-state index in [4.69, 9.17) is 0 Å². The van der Waals surface area contributed by atoms with Gasteiger partial charge in [-0.2, -0.15) is 5.10 Å².